The Labute approximate surface area is 179 Å². The van der Waals surface area contributed by atoms with Crippen molar-refractivity contribution in [3.63, 3.8) is 0 Å². The van der Waals surface area contributed by atoms with Crippen molar-refractivity contribution < 1.29 is 18.7 Å². The summed E-state index contributed by atoms with van der Waals surface area (Å²) in [5.41, 5.74) is 0.321. The quantitative estimate of drug-likeness (QED) is 0.617. The maximum absolute atomic E-state index is 15.6. The highest BCUT2D eigenvalue weighted by Gasteiger charge is 2.50. The van der Waals surface area contributed by atoms with Crippen LogP contribution in [0.15, 0.2) is 30.6 Å². The average Bonchev–Trinajstić information content (AvgIpc) is 3.10. The number of aromatic amines is 1. The van der Waals surface area contributed by atoms with Crippen molar-refractivity contribution in [1.29, 1.82) is 0 Å². The molecule has 5 nitrogen and oxygen atoms in total. The molecule has 160 valence electrons. The predicted octanol–water partition coefficient (Wildman–Crippen LogP) is 3.75. The highest BCUT2D eigenvalue weighted by atomic mass is 19.1. The lowest BCUT2D eigenvalue weighted by Crippen LogP contribution is -2.56. The number of halogens is 2. The molecule has 1 saturated heterocycles. The second kappa shape index (κ2) is 7.47. The van der Waals surface area contributed by atoms with Gasteiger partial charge in [-0.1, -0.05) is 18.9 Å². The van der Waals surface area contributed by atoms with E-state index < -0.39 is 29.1 Å². The number of aromatic nitrogens is 2. The Hall–Kier alpha value is -3.24. The van der Waals surface area contributed by atoms with Gasteiger partial charge in [-0.25, -0.2) is 13.8 Å². The van der Waals surface area contributed by atoms with E-state index in [9.17, 15) is 14.3 Å². The average molecular weight is 423 g/mol. The van der Waals surface area contributed by atoms with E-state index in [-0.39, 0.29) is 29.9 Å². The molecule has 2 aromatic heterocycles. The number of rotatable bonds is 2. The van der Waals surface area contributed by atoms with Gasteiger partial charge in [0.1, 0.15) is 17.1 Å². The third-order valence-corrected chi connectivity index (χ3v) is 6.35. The largest absolute Gasteiger partial charge is 0.383 e. The van der Waals surface area contributed by atoms with Gasteiger partial charge in [-0.05, 0) is 35.7 Å². The Bertz CT molecular complexity index is 1210. The van der Waals surface area contributed by atoms with Crippen LogP contribution < -0.4 is 0 Å². The zero-order valence-corrected chi connectivity index (χ0v) is 17.5. The summed E-state index contributed by atoms with van der Waals surface area (Å²) in [6, 6.07) is 4.63. The van der Waals surface area contributed by atoms with Crippen molar-refractivity contribution in [3.8, 4) is 23.5 Å². The number of nitrogens with one attached hydrogen (secondary N) is 1. The van der Waals surface area contributed by atoms with Crippen molar-refractivity contribution in [2.75, 3.05) is 13.1 Å². The van der Waals surface area contributed by atoms with Gasteiger partial charge in [0.25, 0.3) is 0 Å². The molecular weight excluding hydrogens is 400 g/mol. The van der Waals surface area contributed by atoms with Crippen molar-refractivity contribution in [1.82, 2.24) is 14.9 Å². The summed E-state index contributed by atoms with van der Waals surface area (Å²) in [6.45, 7) is 5.31. The fourth-order valence-corrected chi connectivity index (χ4v) is 4.77. The van der Waals surface area contributed by atoms with Gasteiger partial charge >= 0.3 is 0 Å². The first-order valence-corrected chi connectivity index (χ1v) is 10.0. The Kier molecular flexibility index (Phi) is 5.06. The fourth-order valence-electron chi connectivity index (χ4n) is 4.77. The molecule has 3 aromatic rings. The topological polar surface area (TPSA) is 69.2 Å². The third kappa shape index (κ3) is 3.19. The number of H-pyrrole nitrogens is 1. The molecule has 2 N–H and O–H groups in total. The number of nitrogens with zero attached hydrogens (tertiary/aromatic N) is 2. The highest BCUT2D eigenvalue weighted by Crippen LogP contribution is 2.45. The first kappa shape index (κ1) is 21.0. The van der Waals surface area contributed by atoms with Crippen LogP contribution in [-0.4, -0.2) is 39.0 Å². The van der Waals surface area contributed by atoms with E-state index >= 15 is 4.39 Å². The van der Waals surface area contributed by atoms with Crippen LogP contribution in [-0.2, 0) is 10.4 Å². The summed E-state index contributed by atoms with van der Waals surface area (Å²) >= 11 is 0. The molecule has 0 aliphatic carbocycles. The molecule has 0 radical (unpaired) electrons. The molecule has 1 aliphatic heterocycles. The second-order valence-corrected chi connectivity index (χ2v) is 8.24. The van der Waals surface area contributed by atoms with Crippen LogP contribution in [0.3, 0.4) is 0 Å². The van der Waals surface area contributed by atoms with Crippen LogP contribution in [0.25, 0.3) is 22.2 Å². The van der Waals surface area contributed by atoms with Gasteiger partial charge in [-0.15, -0.1) is 6.42 Å². The Morgan fingerprint density at radius 1 is 1.35 bits per heavy atom. The summed E-state index contributed by atoms with van der Waals surface area (Å²) < 4.78 is 29.9. The molecule has 3 atom stereocenters. The molecule has 31 heavy (non-hydrogen) atoms. The smallest absolute Gasteiger partial charge is 0.219 e. The van der Waals surface area contributed by atoms with Gasteiger partial charge < -0.3 is 15.0 Å². The minimum atomic E-state index is -1.64. The number of likely N-dealkylation sites (tertiary alicyclic amines) is 1. The number of fused-ring (bicyclic) bond motifs is 1. The fraction of sp³-hybridized carbons (Fsp3) is 0.333. The monoisotopic (exact) mass is 423 g/mol. The van der Waals surface area contributed by atoms with Gasteiger partial charge in [-0.3, -0.25) is 4.79 Å². The Morgan fingerprint density at radius 2 is 2.10 bits per heavy atom. The van der Waals surface area contributed by atoms with E-state index in [1.165, 1.54) is 25.4 Å². The number of aliphatic hydroxyl groups is 1. The molecule has 7 heteroatoms. The van der Waals surface area contributed by atoms with Gasteiger partial charge in [0.15, 0.2) is 5.82 Å². The lowest BCUT2D eigenvalue weighted by atomic mass is 9.68. The minimum Gasteiger partial charge on any atom is -0.383 e. The maximum Gasteiger partial charge on any atom is 0.219 e. The molecule has 1 amide bonds. The molecule has 0 saturated carbocycles. The van der Waals surface area contributed by atoms with E-state index in [0.717, 1.165) is 0 Å². The first-order chi connectivity index (χ1) is 14.7. The number of piperidine rings is 1. The molecule has 3 heterocycles. The molecule has 1 fully saturated rings. The van der Waals surface area contributed by atoms with E-state index in [1.807, 2.05) is 0 Å². The van der Waals surface area contributed by atoms with Gasteiger partial charge in [0.2, 0.25) is 5.91 Å². The lowest BCUT2D eigenvalue weighted by molar-refractivity contribution is -0.143. The minimum absolute atomic E-state index is 0.120. The maximum atomic E-state index is 15.6. The predicted molar refractivity (Wildman–Crippen MR) is 114 cm³/mol. The molecule has 0 spiro atoms. The third-order valence-electron chi connectivity index (χ3n) is 6.35. The number of carbonyl (C=O) groups is 1. The van der Waals surface area contributed by atoms with Crippen LogP contribution in [0.5, 0.6) is 0 Å². The summed E-state index contributed by atoms with van der Waals surface area (Å²) in [7, 11) is 0. The number of carbonyl (C=O) groups excluding carboxylic acids is 1. The summed E-state index contributed by atoms with van der Waals surface area (Å²) in [6.07, 6.45) is 8.44. The number of aryl methyl sites for hydroxylation is 1. The second-order valence-electron chi connectivity index (χ2n) is 8.24. The molecule has 1 aliphatic rings. The number of benzene rings is 1. The first-order valence-electron chi connectivity index (χ1n) is 10.0. The van der Waals surface area contributed by atoms with E-state index in [4.69, 9.17) is 6.42 Å². The van der Waals surface area contributed by atoms with Crippen LogP contribution in [0.4, 0.5) is 8.78 Å². The van der Waals surface area contributed by atoms with Crippen molar-refractivity contribution in [3.05, 3.63) is 53.4 Å². The number of amides is 1. The van der Waals surface area contributed by atoms with Crippen LogP contribution in [0, 0.1) is 42.7 Å². The molecule has 1 aromatic carbocycles. The SMILES string of the molecule is C#C[C@@H]1CN(C(C)=O)C[C@H](C)C1(O)c1c(C)cc(-c2ccnc3[nH]cc(F)c23)cc1F. The lowest BCUT2D eigenvalue weighted by Gasteiger charge is -2.47. The van der Waals surface area contributed by atoms with E-state index in [0.29, 0.717) is 22.3 Å². The standard InChI is InChI=1S/C24H23F2N3O2/c1-5-17-12-29(15(4)30)11-14(3)24(17,31)22-13(2)8-16(9-19(22)25)18-6-7-27-23-21(18)20(26)10-28-23/h1,6-10,14,17,31H,11-12H2,2-4H3,(H,27,28)/t14-,17+,24?/m0/s1. The van der Waals surface area contributed by atoms with Crippen LogP contribution in [0.1, 0.15) is 25.0 Å². The summed E-state index contributed by atoms with van der Waals surface area (Å²) in [4.78, 5) is 20.3. The number of hydrogen-bond acceptors (Lipinski definition) is 3. The van der Waals surface area contributed by atoms with Gasteiger partial charge in [-0.2, -0.15) is 0 Å². The normalized spacial score (nSPS) is 23.7. The van der Waals surface area contributed by atoms with Crippen molar-refractivity contribution >= 4 is 16.9 Å². The number of terminal acetylenes is 1. The highest BCUT2D eigenvalue weighted by molar-refractivity contribution is 5.93. The zero-order valence-electron chi connectivity index (χ0n) is 17.5. The summed E-state index contributed by atoms with van der Waals surface area (Å²) in [5.74, 6) is 0.0685. The summed E-state index contributed by atoms with van der Waals surface area (Å²) in [5, 5.41) is 12.0. The van der Waals surface area contributed by atoms with Gasteiger partial charge in [0.05, 0.1) is 11.3 Å². The molecule has 4 rings (SSSR count). The number of pyridine rings is 1. The van der Waals surface area contributed by atoms with E-state index in [2.05, 4.69) is 15.9 Å². The Balaban J connectivity index is 1.85. The Morgan fingerprint density at radius 3 is 2.74 bits per heavy atom. The van der Waals surface area contributed by atoms with Crippen LogP contribution >= 0.6 is 0 Å². The van der Waals surface area contributed by atoms with Crippen molar-refractivity contribution in [2.45, 2.75) is 26.4 Å². The van der Waals surface area contributed by atoms with Gasteiger partial charge in [0, 0.05) is 43.9 Å². The zero-order chi connectivity index (χ0) is 22.5. The van der Waals surface area contributed by atoms with Crippen LogP contribution in [0.2, 0.25) is 0 Å². The van der Waals surface area contributed by atoms with E-state index in [1.54, 1.807) is 30.9 Å². The molecule has 0 bridgehead atoms. The molecular formula is C24H23F2N3O2. The molecule has 1 unspecified atom stereocenters. The van der Waals surface area contributed by atoms with Crippen molar-refractivity contribution in [2.24, 2.45) is 11.8 Å². The number of hydrogen-bond donors (Lipinski definition) is 2.